The van der Waals surface area contributed by atoms with Crippen LogP contribution in [0.1, 0.15) is 72.3 Å². The molecule has 0 atom stereocenters. The van der Waals surface area contributed by atoms with Crippen LogP contribution in [0.5, 0.6) is 0 Å². The second-order valence-electron chi connectivity index (χ2n) is 8.97. The van der Waals surface area contributed by atoms with E-state index < -0.39 is 5.91 Å². The fourth-order valence-corrected chi connectivity index (χ4v) is 5.38. The predicted molar refractivity (Wildman–Crippen MR) is 142 cm³/mol. The van der Waals surface area contributed by atoms with Crippen molar-refractivity contribution in [3.8, 4) is 5.82 Å². The van der Waals surface area contributed by atoms with Crippen molar-refractivity contribution in [2.45, 2.75) is 55.6 Å². The minimum atomic E-state index is -0.483. The maximum atomic E-state index is 13.1. The Morgan fingerprint density at radius 1 is 1.11 bits per heavy atom. The highest BCUT2D eigenvalue weighted by Crippen LogP contribution is 2.32. The van der Waals surface area contributed by atoms with Gasteiger partial charge in [0.2, 0.25) is 11.6 Å². The summed E-state index contributed by atoms with van der Waals surface area (Å²) < 4.78 is 6.09. The van der Waals surface area contributed by atoms with Crippen LogP contribution in [0.4, 0.5) is 5.82 Å². The first-order valence-corrected chi connectivity index (χ1v) is 13.2. The Kier molecular flexibility index (Phi) is 7.59. The van der Waals surface area contributed by atoms with Gasteiger partial charge in [-0.3, -0.25) is 4.79 Å². The van der Waals surface area contributed by atoms with E-state index in [0.717, 1.165) is 10.5 Å². The lowest BCUT2D eigenvalue weighted by Gasteiger charge is -2.22. The van der Waals surface area contributed by atoms with Gasteiger partial charge in [0, 0.05) is 10.6 Å². The molecule has 1 amide bonds. The monoisotopic (exact) mass is 516 g/mol. The normalized spacial score (nSPS) is 14.6. The van der Waals surface area contributed by atoms with Gasteiger partial charge in [0.15, 0.2) is 5.69 Å². The summed E-state index contributed by atoms with van der Waals surface area (Å²) in [4.78, 5) is 14.1. The van der Waals surface area contributed by atoms with Crippen molar-refractivity contribution in [1.82, 2.24) is 30.7 Å². The van der Waals surface area contributed by atoms with Crippen LogP contribution in [0.3, 0.4) is 0 Å². The lowest BCUT2D eigenvalue weighted by Crippen LogP contribution is -2.21. The highest BCUT2D eigenvalue weighted by molar-refractivity contribution is 7.98. The van der Waals surface area contributed by atoms with Crippen LogP contribution >= 0.6 is 11.8 Å². The Hall–Kier alpha value is -3.99. The van der Waals surface area contributed by atoms with Gasteiger partial charge < -0.3 is 5.73 Å². The molecule has 1 aliphatic rings. The molecule has 11 heteroatoms. The molecule has 0 radical (unpaired) electrons. The zero-order chi connectivity index (χ0) is 25.6. The van der Waals surface area contributed by atoms with Gasteiger partial charge in [-0.1, -0.05) is 66.9 Å². The molecule has 2 heterocycles. The average Bonchev–Trinajstić information content (AvgIpc) is 3.57. The molecule has 2 aromatic carbocycles. The number of hydrogen-bond donors (Lipinski definition) is 2. The maximum Gasteiger partial charge on any atom is 0.293 e. The van der Waals surface area contributed by atoms with E-state index in [2.05, 4.69) is 55.4 Å². The minimum Gasteiger partial charge on any atom is -0.378 e. The molecule has 10 nitrogen and oxygen atoms in total. The van der Waals surface area contributed by atoms with Gasteiger partial charge >= 0.3 is 0 Å². The van der Waals surface area contributed by atoms with E-state index >= 15 is 0 Å². The number of nitrogens with two attached hydrogens (primary N) is 1. The quantitative estimate of drug-likeness (QED) is 0.195. The molecular formula is C26H28N8O2S. The van der Waals surface area contributed by atoms with Gasteiger partial charge in [-0.25, -0.2) is 10.1 Å². The molecule has 5 rings (SSSR count). The number of nitrogens with one attached hydrogen (secondary N) is 1. The van der Waals surface area contributed by atoms with Crippen molar-refractivity contribution in [2.75, 3.05) is 5.73 Å². The number of carbonyl (C=O) groups is 1. The van der Waals surface area contributed by atoms with Crippen LogP contribution < -0.4 is 11.2 Å². The summed E-state index contributed by atoms with van der Waals surface area (Å²) in [5, 5.41) is 19.9. The summed E-state index contributed by atoms with van der Waals surface area (Å²) >= 11 is 1.52. The maximum absolute atomic E-state index is 13.1. The summed E-state index contributed by atoms with van der Waals surface area (Å²) in [6.45, 7) is 1.86. The Bertz CT molecular complexity index is 1380. The van der Waals surface area contributed by atoms with Gasteiger partial charge in [0.25, 0.3) is 5.91 Å². The first-order chi connectivity index (χ1) is 18.1. The standard InChI is InChI=1S/C26H28N8O2S/c1-17(18-12-14-20(15-13-18)19-8-4-2-5-9-19)28-30-26(35)23-22(16-37-21-10-6-3-7-11-21)34(33-29-23)25-24(27)31-36-32-25/h3,6-7,10-15,19H,2,4-5,8-9,16H2,1H3,(H2,27,31)(H,30,35)/b28-17-. The van der Waals surface area contributed by atoms with E-state index in [-0.39, 0.29) is 17.3 Å². The highest BCUT2D eigenvalue weighted by atomic mass is 32.2. The highest BCUT2D eigenvalue weighted by Gasteiger charge is 2.24. The number of rotatable bonds is 8. The van der Waals surface area contributed by atoms with Crippen LogP contribution in [0.2, 0.25) is 0 Å². The summed E-state index contributed by atoms with van der Waals surface area (Å²) in [7, 11) is 0. The molecule has 1 saturated carbocycles. The van der Waals surface area contributed by atoms with Crippen LogP contribution in [-0.2, 0) is 5.75 Å². The van der Waals surface area contributed by atoms with E-state index in [1.807, 2.05) is 37.3 Å². The first-order valence-electron chi connectivity index (χ1n) is 12.3. The van der Waals surface area contributed by atoms with Crippen molar-refractivity contribution in [1.29, 1.82) is 0 Å². The molecule has 37 heavy (non-hydrogen) atoms. The number of hydrogen-bond acceptors (Lipinski definition) is 9. The zero-order valence-electron chi connectivity index (χ0n) is 20.5. The SMILES string of the molecule is C/C(=N/NC(=O)c1nnn(-c2nonc2N)c1CSc1ccccc1)c1ccc(C2CCCCC2)cc1. The second kappa shape index (κ2) is 11.4. The number of benzene rings is 2. The molecule has 0 bridgehead atoms. The Balaban J connectivity index is 1.33. The number of nitrogens with zero attached hydrogens (tertiary/aromatic N) is 6. The van der Waals surface area contributed by atoms with E-state index in [1.54, 1.807) is 0 Å². The molecule has 0 spiro atoms. The summed E-state index contributed by atoms with van der Waals surface area (Å²) in [5.41, 5.74) is 12.1. The predicted octanol–water partition coefficient (Wildman–Crippen LogP) is 4.73. The van der Waals surface area contributed by atoms with Crippen LogP contribution in [-0.4, -0.2) is 36.9 Å². The number of amides is 1. The lowest BCUT2D eigenvalue weighted by atomic mass is 9.84. The third-order valence-corrected chi connectivity index (χ3v) is 7.55. The van der Waals surface area contributed by atoms with Crippen LogP contribution in [0, 0.1) is 0 Å². The second-order valence-corrected chi connectivity index (χ2v) is 10.0. The van der Waals surface area contributed by atoms with Gasteiger partial charge in [0.1, 0.15) is 0 Å². The number of anilines is 1. The van der Waals surface area contributed by atoms with E-state index in [9.17, 15) is 4.79 Å². The van der Waals surface area contributed by atoms with Crippen LogP contribution in [0.25, 0.3) is 5.82 Å². The van der Waals surface area contributed by atoms with Crippen molar-refractivity contribution < 1.29 is 9.42 Å². The lowest BCUT2D eigenvalue weighted by molar-refractivity contribution is 0.0949. The molecule has 190 valence electrons. The number of carbonyl (C=O) groups excluding carboxylic acids is 1. The molecule has 0 unspecified atom stereocenters. The summed E-state index contributed by atoms with van der Waals surface area (Å²) in [6, 6.07) is 18.3. The van der Waals surface area contributed by atoms with E-state index in [4.69, 9.17) is 10.4 Å². The smallest absolute Gasteiger partial charge is 0.293 e. The van der Waals surface area contributed by atoms with Crippen LogP contribution in [0.15, 0.2) is 69.2 Å². The molecule has 1 fully saturated rings. The average molecular weight is 517 g/mol. The number of nitrogen functional groups attached to an aromatic ring is 1. The molecule has 0 saturated heterocycles. The van der Waals surface area contributed by atoms with Crippen molar-refractivity contribution in [3.63, 3.8) is 0 Å². The molecule has 2 aromatic heterocycles. The molecule has 4 aromatic rings. The Labute approximate surface area is 218 Å². The Morgan fingerprint density at radius 3 is 2.57 bits per heavy atom. The van der Waals surface area contributed by atoms with Gasteiger partial charge in [-0.15, -0.1) is 16.9 Å². The largest absolute Gasteiger partial charge is 0.378 e. The summed E-state index contributed by atoms with van der Waals surface area (Å²) in [5.74, 6) is 0.769. The molecule has 1 aliphatic carbocycles. The van der Waals surface area contributed by atoms with Gasteiger partial charge in [-0.05, 0) is 59.3 Å². The van der Waals surface area contributed by atoms with Gasteiger partial charge in [0.05, 0.1) is 11.4 Å². The summed E-state index contributed by atoms with van der Waals surface area (Å²) in [6.07, 6.45) is 6.45. The molecule has 3 N–H and O–H groups in total. The molecule has 0 aliphatic heterocycles. The molecular weight excluding hydrogens is 488 g/mol. The fourth-order valence-electron chi connectivity index (χ4n) is 4.47. The third-order valence-electron chi connectivity index (χ3n) is 6.52. The first kappa shape index (κ1) is 24.7. The number of hydrazone groups is 1. The topological polar surface area (TPSA) is 137 Å². The Morgan fingerprint density at radius 2 is 1.86 bits per heavy atom. The minimum absolute atomic E-state index is 0.0494. The van der Waals surface area contributed by atoms with Crippen molar-refractivity contribution >= 4 is 29.2 Å². The zero-order valence-corrected chi connectivity index (χ0v) is 21.3. The number of thioether (sulfide) groups is 1. The van der Waals surface area contributed by atoms with E-state index in [1.165, 1.54) is 54.1 Å². The number of aromatic nitrogens is 5. The van der Waals surface area contributed by atoms with Crippen molar-refractivity contribution in [3.05, 3.63) is 77.1 Å². The van der Waals surface area contributed by atoms with Crippen molar-refractivity contribution in [2.24, 2.45) is 5.10 Å². The fraction of sp³-hybridized carbons (Fsp3) is 0.308. The van der Waals surface area contributed by atoms with E-state index in [0.29, 0.717) is 23.1 Å². The third kappa shape index (κ3) is 5.72. The van der Waals surface area contributed by atoms with Gasteiger partial charge in [-0.2, -0.15) is 9.78 Å².